The molecular formula is C31H38N2O. The molecule has 0 radical (unpaired) electrons. The molecule has 3 aromatic carbocycles. The minimum atomic E-state index is 0.193. The molecule has 0 spiro atoms. The molecule has 3 nitrogen and oxygen atoms in total. The zero-order valence-electron chi connectivity index (χ0n) is 20.9. The van der Waals surface area contributed by atoms with E-state index in [1.165, 1.54) is 39.1 Å². The summed E-state index contributed by atoms with van der Waals surface area (Å²) in [7, 11) is 0. The van der Waals surface area contributed by atoms with Crippen LogP contribution in [-0.4, -0.2) is 48.8 Å². The van der Waals surface area contributed by atoms with Crippen molar-refractivity contribution in [3.8, 4) is 0 Å². The van der Waals surface area contributed by atoms with Crippen molar-refractivity contribution in [1.82, 2.24) is 4.90 Å². The zero-order valence-corrected chi connectivity index (χ0v) is 20.9. The second kappa shape index (κ2) is 11.5. The molecule has 34 heavy (non-hydrogen) atoms. The van der Waals surface area contributed by atoms with Crippen LogP contribution in [0.3, 0.4) is 0 Å². The fraction of sp³-hybridized carbons (Fsp3) is 0.355. The third-order valence-electron chi connectivity index (χ3n) is 6.91. The highest BCUT2D eigenvalue weighted by molar-refractivity contribution is 5.98. The maximum absolute atomic E-state index is 9.62. The van der Waals surface area contributed by atoms with E-state index in [0.29, 0.717) is 6.04 Å². The summed E-state index contributed by atoms with van der Waals surface area (Å²) in [6.45, 7) is 11.3. The van der Waals surface area contributed by atoms with Crippen LogP contribution >= 0.6 is 0 Å². The lowest BCUT2D eigenvalue weighted by molar-refractivity contribution is 0.209. The minimum absolute atomic E-state index is 0.193. The molecule has 1 fully saturated rings. The molecule has 3 heteroatoms. The van der Waals surface area contributed by atoms with Gasteiger partial charge in [-0.05, 0) is 73.6 Å². The van der Waals surface area contributed by atoms with Crippen molar-refractivity contribution >= 4 is 16.8 Å². The summed E-state index contributed by atoms with van der Waals surface area (Å²) in [6, 6.07) is 29.2. The number of benzene rings is 3. The number of aliphatic hydroxyl groups excluding tert-OH is 1. The average molecular weight is 455 g/mol. The lowest BCUT2D eigenvalue weighted by Gasteiger charge is -2.38. The monoisotopic (exact) mass is 454 g/mol. The molecule has 1 aliphatic heterocycles. The molecule has 1 aliphatic rings. The summed E-state index contributed by atoms with van der Waals surface area (Å²) in [5, 5.41) is 9.62. The molecule has 1 N–H and O–H groups in total. The Morgan fingerprint density at radius 3 is 1.91 bits per heavy atom. The van der Waals surface area contributed by atoms with Crippen LogP contribution in [0.4, 0.5) is 5.69 Å². The topological polar surface area (TPSA) is 26.7 Å². The van der Waals surface area contributed by atoms with E-state index in [2.05, 4.69) is 109 Å². The second-order valence-electron chi connectivity index (χ2n) is 9.58. The van der Waals surface area contributed by atoms with Gasteiger partial charge in [-0.3, -0.25) is 4.90 Å². The Hall–Kier alpha value is -2.88. The van der Waals surface area contributed by atoms with Crippen molar-refractivity contribution in [2.24, 2.45) is 0 Å². The third-order valence-corrected chi connectivity index (χ3v) is 6.91. The van der Waals surface area contributed by atoms with Crippen LogP contribution in [-0.2, 0) is 0 Å². The van der Waals surface area contributed by atoms with Gasteiger partial charge in [-0.1, -0.05) is 72.3 Å². The molecule has 1 saturated heterocycles. The summed E-state index contributed by atoms with van der Waals surface area (Å²) in [5.41, 5.74) is 8.78. The molecular weight excluding hydrogens is 416 g/mol. The molecule has 3 aromatic rings. The number of allylic oxidation sites excluding steroid dienone is 1. The molecule has 1 heterocycles. The van der Waals surface area contributed by atoms with E-state index >= 15 is 0 Å². The smallest absolute Gasteiger partial charge is 0.0434 e. The first kappa shape index (κ1) is 24.3. The van der Waals surface area contributed by atoms with Crippen molar-refractivity contribution < 1.29 is 5.11 Å². The molecule has 0 aromatic heterocycles. The van der Waals surface area contributed by atoms with Gasteiger partial charge >= 0.3 is 0 Å². The van der Waals surface area contributed by atoms with Gasteiger partial charge < -0.3 is 10.0 Å². The Morgan fingerprint density at radius 2 is 1.35 bits per heavy atom. The molecule has 0 aliphatic carbocycles. The Balaban J connectivity index is 1.72. The van der Waals surface area contributed by atoms with Gasteiger partial charge in [-0.15, -0.1) is 0 Å². The van der Waals surface area contributed by atoms with Crippen LogP contribution in [0.15, 0.2) is 78.9 Å². The highest BCUT2D eigenvalue weighted by Gasteiger charge is 2.20. The molecule has 4 rings (SSSR count). The first-order valence-corrected chi connectivity index (χ1v) is 12.6. The Morgan fingerprint density at radius 1 is 0.765 bits per heavy atom. The van der Waals surface area contributed by atoms with Gasteiger partial charge in [0, 0.05) is 44.5 Å². The van der Waals surface area contributed by atoms with Crippen molar-refractivity contribution in [1.29, 1.82) is 0 Å². The van der Waals surface area contributed by atoms with E-state index in [1.807, 2.05) is 0 Å². The van der Waals surface area contributed by atoms with Gasteiger partial charge in [-0.25, -0.2) is 0 Å². The van der Waals surface area contributed by atoms with Gasteiger partial charge in [0.2, 0.25) is 0 Å². The number of aliphatic hydroxyl groups is 1. The quantitative estimate of drug-likeness (QED) is 0.407. The number of aryl methyl sites for hydroxylation is 1. The van der Waals surface area contributed by atoms with Gasteiger partial charge in [0.15, 0.2) is 0 Å². The van der Waals surface area contributed by atoms with E-state index in [0.717, 1.165) is 39.0 Å². The van der Waals surface area contributed by atoms with E-state index in [-0.39, 0.29) is 6.61 Å². The summed E-state index contributed by atoms with van der Waals surface area (Å²) in [6.07, 6.45) is 1.58. The lowest BCUT2D eigenvalue weighted by Crippen LogP contribution is -2.48. The van der Waals surface area contributed by atoms with Gasteiger partial charge in [0.25, 0.3) is 0 Å². The summed E-state index contributed by atoms with van der Waals surface area (Å²) in [5.74, 6) is 0. The first-order valence-electron chi connectivity index (χ1n) is 12.6. The van der Waals surface area contributed by atoms with Gasteiger partial charge in [-0.2, -0.15) is 0 Å². The largest absolute Gasteiger partial charge is 0.396 e. The average Bonchev–Trinajstić information content (AvgIpc) is 2.88. The normalized spacial score (nSPS) is 15.5. The van der Waals surface area contributed by atoms with Gasteiger partial charge in [0.1, 0.15) is 0 Å². The van der Waals surface area contributed by atoms with E-state index < -0.39 is 0 Å². The highest BCUT2D eigenvalue weighted by atomic mass is 16.2. The van der Waals surface area contributed by atoms with E-state index in [9.17, 15) is 5.11 Å². The summed E-state index contributed by atoms with van der Waals surface area (Å²) < 4.78 is 0. The number of nitrogens with zero attached hydrogens (tertiary/aromatic N) is 2. The minimum Gasteiger partial charge on any atom is -0.396 e. The first-order chi connectivity index (χ1) is 16.6. The SMILES string of the molecule is Cc1ccc(/C(=C(\CCCO)c2ccccc2)c2ccc(N3CCN(C(C)C)CC3)cc2)cc1. The highest BCUT2D eigenvalue weighted by Crippen LogP contribution is 2.36. The van der Waals surface area contributed by atoms with Crippen molar-refractivity contribution in [2.45, 2.75) is 39.7 Å². The second-order valence-corrected chi connectivity index (χ2v) is 9.58. The van der Waals surface area contributed by atoms with E-state index in [1.54, 1.807) is 0 Å². The van der Waals surface area contributed by atoms with Crippen LogP contribution in [0.2, 0.25) is 0 Å². The van der Waals surface area contributed by atoms with Crippen LogP contribution in [0, 0.1) is 6.92 Å². The van der Waals surface area contributed by atoms with Crippen molar-refractivity contribution in [3.63, 3.8) is 0 Å². The Labute approximate surface area is 205 Å². The molecule has 178 valence electrons. The maximum Gasteiger partial charge on any atom is 0.0434 e. The van der Waals surface area contributed by atoms with Crippen LogP contribution in [0.25, 0.3) is 11.1 Å². The predicted octanol–water partition coefficient (Wildman–Crippen LogP) is 6.26. The third kappa shape index (κ3) is 5.78. The fourth-order valence-electron chi connectivity index (χ4n) is 4.88. The number of anilines is 1. The number of hydrogen-bond acceptors (Lipinski definition) is 3. The van der Waals surface area contributed by atoms with Crippen LogP contribution in [0.5, 0.6) is 0 Å². The van der Waals surface area contributed by atoms with Crippen LogP contribution < -0.4 is 4.90 Å². The molecule has 0 saturated carbocycles. The van der Waals surface area contributed by atoms with Crippen LogP contribution in [0.1, 0.15) is 48.9 Å². The Kier molecular flexibility index (Phi) is 8.21. The fourth-order valence-corrected chi connectivity index (χ4v) is 4.88. The standard InChI is InChI=1S/C31H38N2O/c1-24(2)32-19-21-33(22-20-32)29-17-15-28(16-18-29)31(27-13-11-25(3)12-14-27)30(10-7-23-34)26-8-5-4-6-9-26/h4-6,8-9,11-18,24,34H,7,10,19-23H2,1-3H3/b31-30-. The predicted molar refractivity (Wildman–Crippen MR) is 145 cm³/mol. The van der Waals surface area contributed by atoms with Crippen molar-refractivity contribution in [3.05, 3.63) is 101 Å². The molecule has 0 bridgehead atoms. The Bertz CT molecular complexity index is 1060. The molecule has 0 amide bonds. The number of hydrogen-bond donors (Lipinski definition) is 1. The molecule has 0 unspecified atom stereocenters. The van der Waals surface area contributed by atoms with Gasteiger partial charge in [0.05, 0.1) is 0 Å². The van der Waals surface area contributed by atoms with Crippen molar-refractivity contribution in [2.75, 3.05) is 37.7 Å². The maximum atomic E-state index is 9.62. The number of rotatable bonds is 8. The van der Waals surface area contributed by atoms with E-state index in [4.69, 9.17) is 0 Å². The number of piperazine rings is 1. The lowest BCUT2D eigenvalue weighted by atomic mass is 9.87. The zero-order chi connectivity index (χ0) is 23.9. The summed E-state index contributed by atoms with van der Waals surface area (Å²) in [4.78, 5) is 5.05. The summed E-state index contributed by atoms with van der Waals surface area (Å²) >= 11 is 0. The molecule has 0 atom stereocenters.